The molecule has 0 radical (unpaired) electrons. The number of carbonyl (C=O) groups is 3. The van der Waals surface area contributed by atoms with E-state index in [9.17, 15) is 18.8 Å². The van der Waals surface area contributed by atoms with Gasteiger partial charge in [0.1, 0.15) is 5.82 Å². The molecule has 2 aromatic heterocycles. The van der Waals surface area contributed by atoms with Gasteiger partial charge in [0.2, 0.25) is 20.7 Å². The van der Waals surface area contributed by atoms with Crippen LogP contribution >= 0.6 is 19.7 Å². The molecule has 4 heterocycles. The summed E-state index contributed by atoms with van der Waals surface area (Å²) >= 11 is 1.22. The molecule has 2 saturated heterocycles. The van der Waals surface area contributed by atoms with Gasteiger partial charge in [0.25, 0.3) is 5.91 Å². The molecule has 0 bridgehead atoms. The number of thiophene rings is 1. The number of alkyl halides is 1. The number of aromatic nitrogens is 2. The second-order valence-corrected chi connectivity index (χ2v) is 13.1. The number of likely N-dealkylation sites (tertiary alicyclic amines) is 2. The van der Waals surface area contributed by atoms with E-state index >= 15 is 0 Å². The van der Waals surface area contributed by atoms with E-state index < -0.39 is 20.2 Å². The molecular weight excluding hydrogens is 580 g/mol. The molecule has 226 valence electrons. The van der Waals surface area contributed by atoms with Gasteiger partial charge in [-0.1, -0.05) is 13.0 Å². The monoisotopic (exact) mass is 617 g/mol. The smallest absolute Gasteiger partial charge is 0.258 e. The van der Waals surface area contributed by atoms with E-state index in [1.54, 1.807) is 35.5 Å². The van der Waals surface area contributed by atoms with E-state index in [4.69, 9.17) is 15.5 Å². The van der Waals surface area contributed by atoms with Crippen molar-refractivity contribution in [1.29, 1.82) is 0 Å². The largest absolute Gasteiger partial charge is 0.365 e. The lowest BCUT2D eigenvalue weighted by Crippen LogP contribution is -2.44. The Morgan fingerprint density at radius 1 is 1.19 bits per heavy atom. The number of hydrogen-bond acceptors (Lipinski definition) is 8. The van der Waals surface area contributed by atoms with Gasteiger partial charge < -0.3 is 25.3 Å². The van der Waals surface area contributed by atoms with Crippen LogP contribution in [0.2, 0.25) is 0 Å². The van der Waals surface area contributed by atoms with Gasteiger partial charge in [-0.05, 0) is 72.7 Å². The fourth-order valence-corrected chi connectivity index (χ4v) is 6.31. The zero-order valence-corrected chi connectivity index (χ0v) is 25.2. The van der Waals surface area contributed by atoms with Crippen LogP contribution in [0.15, 0.2) is 42.7 Å². The summed E-state index contributed by atoms with van der Waals surface area (Å²) in [7, 11) is -2.65. The number of nitrogens with zero attached hydrogens (tertiary/aromatic N) is 4. The summed E-state index contributed by atoms with van der Waals surface area (Å²) in [5.74, 6) is 1.02. The molecule has 42 heavy (non-hydrogen) atoms. The Morgan fingerprint density at radius 3 is 2.43 bits per heavy atom. The third-order valence-electron chi connectivity index (χ3n) is 7.73. The minimum atomic E-state index is -2.65. The van der Waals surface area contributed by atoms with Crippen molar-refractivity contribution in [2.75, 3.05) is 26.2 Å². The first-order valence-corrected chi connectivity index (χ1v) is 16.2. The molecule has 1 aliphatic carbocycles. The lowest BCUT2D eigenvalue weighted by molar-refractivity contribution is -0.130. The average molecular weight is 618 g/mol. The van der Waals surface area contributed by atoms with E-state index in [1.807, 2.05) is 4.90 Å². The van der Waals surface area contributed by atoms with Crippen molar-refractivity contribution >= 4 is 48.0 Å². The van der Waals surface area contributed by atoms with Crippen LogP contribution in [0.25, 0.3) is 10.1 Å². The molecule has 6 rings (SSSR count). The molecule has 1 aromatic carbocycles. The maximum atomic E-state index is 13.4. The van der Waals surface area contributed by atoms with E-state index in [0.29, 0.717) is 22.1 Å². The predicted octanol–water partition coefficient (Wildman–Crippen LogP) is 4.34. The van der Waals surface area contributed by atoms with Gasteiger partial charge in [0.05, 0.1) is 10.8 Å². The number of carbonyl (C=O) groups excluding carboxylic acids is 3. The highest BCUT2D eigenvalue weighted by Gasteiger charge is 2.33. The summed E-state index contributed by atoms with van der Waals surface area (Å²) in [4.78, 5) is 62.8. The number of amides is 3. The maximum Gasteiger partial charge on any atom is 0.258 e. The van der Waals surface area contributed by atoms with E-state index in [1.165, 1.54) is 42.7 Å². The highest BCUT2D eigenvalue weighted by atomic mass is 32.1. The van der Waals surface area contributed by atoms with Crippen LogP contribution in [0.4, 0.5) is 4.39 Å². The molecular formula is C29H37FN5O5PS. The van der Waals surface area contributed by atoms with E-state index in [0.717, 1.165) is 67.8 Å². The predicted molar refractivity (Wildman–Crippen MR) is 160 cm³/mol. The van der Waals surface area contributed by atoms with Gasteiger partial charge >= 0.3 is 0 Å². The lowest BCUT2D eigenvalue weighted by atomic mass is 10.0. The molecule has 3 aromatic rings. The number of rotatable bonds is 8. The van der Waals surface area contributed by atoms with Crippen molar-refractivity contribution in [2.24, 2.45) is 17.6 Å². The third-order valence-corrected chi connectivity index (χ3v) is 9.57. The van der Waals surface area contributed by atoms with Crippen molar-refractivity contribution in [2.45, 2.75) is 50.9 Å². The highest BCUT2D eigenvalue weighted by molar-refractivity contribution is 7.45. The van der Waals surface area contributed by atoms with Gasteiger partial charge in [-0.3, -0.25) is 14.4 Å². The number of nitrogens with two attached hydrogens (primary N) is 1. The molecule has 1 saturated carbocycles. The molecule has 3 aliphatic rings. The standard InChI is InChI=1S/C11H19NO.C10H9FNO3PS.C8H9N3O/c1-9-8-10(9)4-5-11(13)12-6-2-3-7-12;11-9(16(14)15)5-1-2-7-6(3-5)4-8(17-7)10(12)13;12-6-11-4-7(5-11)8-9-2-1-3-10-8/h9-10H,2-8H2,1H3;1-4,9,14-15H,(H2,12,13);1-3,6-7H,4-5H2. The Kier molecular flexibility index (Phi) is 11.3. The Balaban J connectivity index is 0.000000147. The molecule has 3 fully saturated rings. The summed E-state index contributed by atoms with van der Waals surface area (Å²) in [5.41, 5.74) is 5.33. The quantitative estimate of drug-likeness (QED) is 0.251. The lowest BCUT2D eigenvalue weighted by Gasteiger charge is -2.34. The summed E-state index contributed by atoms with van der Waals surface area (Å²) in [6.45, 7) is 5.82. The molecule has 0 spiro atoms. The summed E-state index contributed by atoms with van der Waals surface area (Å²) in [6, 6.07) is 7.95. The van der Waals surface area contributed by atoms with Crippen molar-refractivity contribution in [3.8, 4) is 0 Å². The van der Waals surface area contributed by atoms with Crippen molar-refractivity contribution in [1.82, 2.24) is 19.8 Å². The Hall–Kier alpha value is -3.05. The molecule has 3 amide bonds. The molecule has 2 aliphatic heterocycles. The van der Waals surface area contributed by atoms with Crippen LogP contribution in [0.5, 0.6) is 0 Å². The molecule has 13 heteroatoms. The van der Waals surface area contributed by atoms with E-state index in [-0.39, 0.29) is 5.56 Å². The Labute approximate surface area is 249 Å². The second kappa shape index (κ2) is 14.9. The minimum Gasteiger partial charge on any atom is -0.365 e. The Bertz CT molecular complexity index is 1350. The van der Waals surface area contributed by atoms with E-state index in [2.05, 4.69) is 16.9 Å². The Morgan fingerprint density at radius 2 is 1.86 bits per heavy atom. The van der Waals surface area contributed by atoms with Gasteiger partial charge in [-0.25, -0.2) is 14.4 Å². The molecule has 4 N–H and O–H groups in total. The fourth-order valence-electron chi connectivity index (χ4n) is 4.98. The first-order valence-electron chi connectivity index (χ1n) is 14.0. The number of hydrogen-bond donors (Lipinski definition) is 3. The average Bonchev–Trinajstić information content (AvgIpc) is 3.34. The number of halogens is 1. The van der Waals surface area contributed by atoms with Crippen LogP contribution < -0.4 is 5.73 Å². The van der Waals surface area contributed by atoms with Crippen molar-refractivity contribution in [3.63, 3.8) is 0 Å². The number of fused-ring (bicyclic) bond motifs is 1. The van der Waals surface area contributed by atoms with Gasteiger partial charge in [-0.15, -0.1) is 11.3 Å². The van der Waals surface area contributed by atoms with Gasteiger partial charge in [0, 0.05) is 49.7 Å². The second-order valence-electron chi connectivity index (χ2n) is 10.9. The van der Waals surface area contributed by atoms with Crippen LogP contribution in [-0.2, 0) is 9.59 Å². The topological polar surface area (TPSA) is 150 Å². The molecule has 3 unspecified atom stereocenters. The van der Waals surface area contributed by atoms with Crippen LogP contribution in [0, 0.1) is 11.8 Å². The summed E-state index contributed by atoms with van der Waals surface area (Å²) < 4.78 is 14.2. The van der Waals surface area contributed by atoms with Crippen LogP contribution in [-0.4, -0.2) is 74.0 Å². The maximum absolute atomic E-state index is 13.4. The first kappa shape index (κ1) is 31.9. The molecule has 10 nitrogen and oxygen atoms in total. The van der Waals surface area contributed by atoms with Gasteiger partial charge in [0.15, 0.2) is 5.91 Å². The van der Waals surface area contributed by atoms with Gasteiger partial charge in [-0.2, -0.15) is 0 Å². The summed E-state index contributed by atoms with van der Waals surface area (Å²) in [5, 5.41) is 0.667. The normalized spacial score (nSPS) is 20.2. The summed E-state index contributed by atoms with van der Waals surface area (Å²) in [6.07, 6.45) is 10.0. The van der Waals surface area contributed by atoms with Crippen LogP contribution in [0.3, 0.4) is 0 Å². The fraction of sp³-hybridized carbons (Fsp3) is 0.483. The zero-order chi connectivity index (χ0) is 30.2. The SMILES string of the molecule is CC1CC1CCC(=O)N1CCCC1.NC(=O)c1cc2cc(C(F)P(O)O)ccc2s1.O=CN1CC(c2ncccn2)C1. The highest BCUT2D eigenvalue weighted by Crippen LogP contribution is 2.45. The number of primary amides is 1. The number of benzene rings is 1. The first-order chi connectivity index (χ1) is 20.2. The zero-order valence-electron chi connectivity index (χ0n) is 23.5. The molecule has 3 atom stereocenters. The van der Waals surface area contributed by atoms with Crippen molar-refractivity contribution in [3.05, 3.63) is 59.0 Å². The minimum absolute atomic E-state index is 0.183. The van der Waals surface area contributed by atoms with Crippen molar-refractivity contribution < 1.29 is 28.6 Å². The third kappa shape index (κ3) is 8.73. The van der Waals surface area contributed by atoms with Crippen LogP contribution in [0.1, 0.15) is 71.9 Å².